The zero-order chi connectivity index (χ0) is 14.0. The fourth-order valence-corrected chi connectivity index (χ4v) is 2.09. The summed E-state index contributed by atoms with van der Waals surface area (Å²) in [5, 5.41) is 11.7. The molecular weight excluding hydrogens is 306 g/mol. The van der Waals surface area contributed by atoms with Crippen molar-refractivity contribution < 1.29 is 57.4 Å². The Hall–Kier alpha value is -1.09. The number of pyridine rings is 1. The fraction of sp³-hybridized carbons (Fsp3) is 0.0909. The number of carboxylic acid groups (broad SMARTS) is 1. The van der Waals surface area contributed by atoms with Crippen LogP contribution in [0.15, 0.2) is 29.8 Å². The predicted molar refractivity (Wildman–Crippen MR) is 58.6 cm³/mol. The number of nitrogens with zero attached hydrogens (tertiary/aromatic N) is 1. The number of thiophene rings is 1. The molecule has 0 aromatic carbocycles. The first-order valence-electron chi connectivity index (χ1n) is 4.87. The van der Waals surface area contributed by atoms with E-state index >= 15 is 0 Å². The zero-order valence-corrected chi connectivity index (χ0v) is 12.9. The second kappa shape index (κ2) is 6.57. The largest absolute Gasteiger partial charge is 1.00 e. The number of ether oxygens (including phenoxy) is 1. The molecule has 0 saturated heterocycles. The molecule has 2 aromatic heterocycles. The number of alkyl halides is 3. The van der Waals surface area contributed by atoms with Crippen molar-refractivity contribution in [3.05, 3.63) is 35.3 Å². The van der Waals surface area contributed by atoms with Crippen molar-refractivity contribution >= 4 is 17.3 Å². The Labute approximate surface area is 137 Å². The molecule has 2 heterocycles. The summed E-state index contributed by atoms with van der Waals surface area (Å²) < 4.78 is 39.7. The van der Waals surface area contributed by atoms with E-state index in [0.29, 0.717) is 10.6 Å². The average molecular weight is 311 g/mol. The van der Waals surface area contributed by atoms with Crippen LogP contribution in [-0.2, 0) is 0 Å². The molecule has 0 unspecified atom stereocenters. The van der Waals surface area contributed by atoms with E-state index in [1.54, 1.807) is 0 Å². The summed E-state index contributed by atoms with van der Waals surface area (Å²) in [6.45, 7) is 0. The van der Waals surface area contributed by atoms with Crippen molar-refractivity contribution in [2.24, 2.45) is 0 Å². The van der Waals surface area contributed by atoms with Gasteiger partial charge >= 0.3 is 35.9 Å². The van der Waals surface area contributed by atoms with Gasteiger partial charge in [0.1, 0.15) is 5.75 Å². The van der Waals surface area contributed by atoms with E-state index in [9.17, 15) is 23.1 Å². The predicted octanol–water partition coefficient (Wildman–Crippen LogP) is -0.924. The Morgan fingerprint density at radius 2 is 2.05 bits per heavy atom. The first kappa shape index (κ1) is 17.0. The van der Waals surface area contributed by atoms with Gasteiger partial charge in [0.2, 0.25) is 0 Å². The first-order chi connectivity index (χ1) is 8.85. The summed E-state index contributed by atoms with van der Waals surface area (Å²) in [7, 11) is 0. The molecule has 0 aliphatic carbocycles. The number of halogens is 3. The Morgan fingerprint density at radius 3 is 2.55 bits per heavy atom. The molecule has 0 atom stereocenters. The molecule has 0 aliphatic heterocycles. The summed E-state index contributed by atoms with van der Waals surface area (Å²) in [6, 6.07) is 3.83. The number of rotatable bonds is 3. The minimum Gasteiger partial charge on any atom is -0.545 e. The van der Waals surface area contributed by atoms with E-state index in [4.69, 9.17) is 0 Å². The average Bonchev–Trinajstić information content (AvgIpc) is 2.75. The molecule has 0 saturated carbocycles. The molecular formula is C11H5F3NNaO3S. The van der Waals surface area contributed by atoms with E-state index in [-0.39, 0.29) is 40.9 Å². The number of hydrogen-bond acceptors (Lipinski definition) is 5. The van der Waals surface area contributed by atoms with Crippen molar-refractivity contribution in [3.8, 4) is 16.3 Å². The summed E-state index contributed by atoms with van der Waals surface area (Å²) in [5.41, 5.74) is 0.249. The molecule has 4 nitrogen and oxygen atoms in total. The minimum absolute atomic E-state index is 0. The van der Waals surface area contributed by atoms with Gasteiger partial charge in [-0.25, -0.2) is 0 Å². The molecule has 2 aromatic rings. The van der Waals surface area contributed by atoms with Gasteiger partial charge in [0.15, 0.2) is 0 Å². The van der Waals surface area contributed by atoms with Gasteiger partial charge in [-0.15, -0.1) is 24.5 Å². The first-order valence-corrected chi connectivity index (χ1v) is 5.75. The van der Waals surface area contributed by atoms with Crippen molar-refractivity contribution in [3.63, 3.8) is 0 Å². The van der Waals surface area contributed by atoms with E-state index < -0.39 is 12.3 Å². The Kier molecular flexibility index (Phi) is 5.58. The van der Waals surface area contributed by atoms with Crippen LogP contribution in [-0.4, -0.2) is 17.3 Å². The molecule has 0 spiro atoms. The van der Waals surface area contributed by atoms with Gasteiger partial charge in [0, 0.05) is 23.2 Å². The van der Waals surface area contributed by atoms with E-state index in [2.05, 4.69) is 9.72 Å². The maximum Gasteiger partial charge on any atom is 1.00 e. The number of aromatic carboxylic acids is 1. The van der Waals surface area contributed by atoms with E-state index in [0.717, 1.165) is 17.5 Å². The van der Waals surface area contributed by atoms with Crippen LogP contribution in [0.4, 0.5) is 13.2 Å². The van der Waals surface area contributed by atoms with Crippen molar-refractivity contribution in [1.82, 2.24) is 4.98 Å². The number of hydrogen-bond donors (Lipinski definition) is 0. The maximum atomic E-state index is 12.0. The van der Waals surface area contributed by atoms with Crippen LogP contribution in [0.2, 0.25) is 0 Å². The third kappa shape index (κ3) is 4.48. The third-order valence-electron chi connectivity index (χ3n) is 2.06. The summed E-state index contributed by atoms with van der Waals surface area (Å²) >= 11 is 1.01. The van der Waals surface area contributed by atoms with Crippen LogP contribution in [0.1, 0.15) is 10.4 Å². The smallest absolute Gasteiger partial charge is 0.545 e. The van der Waals surface area contributed by atoms with Gasteiger partial charge in [0.25, 0.3) is 0 Å². The number of carbonyl (C=O) groups is 1. The van der Waals surface area contributed by atoms with E-state index in [1.807, 2.05) is 0 Å². The minimum atomic E-state index is -4.75. The number of aromatic nitrogens is 1. The normalized spacial score (nSPS) is 10.8. The Balaban J connectivity index is 0.00000200. The van der Waals surface area contributed by atoms with Gasteiger partial charge in [0.05, 0.1) is 16.5 Å². The summed E-state index contributed by atoms with van der Waals surface area (Å²) in [5.74, 6) is -1.70. The van der Waals surface area contributed by atoms with Crippen LogP contribution in [0.25, 0.3) is 10.6 Å². The quantitative estimate of drug-likeness (QED) is 0.688. The third-order valence-corrected chi connectivity index (χ3v) is 2.99. The summed E-state index contributed by atoms with van der Waals surface area (Å²) in [6.07, 6.45) is -3.67. The van der Waals surface area contributed by atoms with Gasteiger partial charge in [-0.2, -0.15) is 0 Å². The molecule has 100 valence electrons. The number of carboxylic acids is 1. The molecule has 2 rings (SSSR count). The Bertz CT molecular complexity index is 598. The van der Waals surface area contributed by atoms with Crippen LogP contribution < -0.4 is 39.4 Å². The van der Waals surface area contributed by atoms with Gasteiger partial charge in [-0.1, -0.05) is 0 Å². The second-order valence-electron chi connectivity index (χ2n) is 3.41. The molecule has 0 amide bonds. The van der Waals surface area contributed by atoms with Crippen molar-refractivity contribution in [1.29, 1.82) is 0 Å². The van der Waals surface area contributed by atoms with Crippen molar-refractivity contribution in [2.45, 2.75) is 6.36 Å². The van der Waals surface area contributed by atoms with Crippen LogP contribution in [0.5, 0.6) is 5.75 Å². The SMILES string of the molecule is O=C([O-])c1ccc(-c2cc(OC(F)(F)F)cs2)nc1.[Na+]. The molecule has 0 bridgehead atoms. The molecule has 20 heavy (non-hydrogen) atoms. The number of carbonyl (C=O) groups excluding carboxylic acids is 1. The van der Waals surface area contributed by atoms with Gasteiger partial charge in [-0.3, -0.25) is 4.98 Å². The standard InChI is InChI=1S/C11H6F3NO3S.Na/c12-11(13,14)18-7-3-9(19-5-7)8-2-1-6(4-15-8)10(16)17;/h1-5H,(H,16,17);/q;+1/p-1. The van der Waals surface area contributed by atoms with Crippen LogP contribution >= 0.6 is 11.3 Å². The molecule has 9 heteroatoms. The Morgan fingerprint density at radius 1 is 1.35 bits per heavy atom. The molecule has 0 aliphatic rings. The second-order valence-corrected chi connectivity index (χ2v) is 4.33. The molecule has 0 radical (unpaired) electrons. The summed E-state index contributed by atoms with van der Waals surface area (Å²) in [4.78, 5) is 14.8. The van der Waals surface area contributed by atoms with E-state index in [1.165, 1.54) is 23.6 Å². The maximum absolute atomic E-state index is 12.0. The molecule has 0 N–H and O–H groups in total. The molecule has 0 fully saturated rings. The zero-order valence-electron chi connectivity index (χ0n) is 10.1. The van der Waals surface area contributed by atoms with Crippen LogP contribution in [0, 0.1) is 0 Å². The topological polar surface area (TPSA) is 62.2 Å². The monoisotopic (exact) mass is 311 g/mol. The van der Waals surface area contributed by atoms with Crippen molar-refractivity contribution in [2.75, 3.05) is 0 Å². The fourth-order valence-electron chi connectivity index (χ4n) is 1.30. The van der Waals surface area contributed by atoms with Crippen LogP contribution in [0.3, 0.4) is 0 Å². The van der Waals surface area contributed by atoms with Gasteiger partial charge in [-0.05, 0) is 12.1 Å². The van der Waals surface area contributed by atoms with Gasteiger partial charge < -0.3 is 14.6 Å².